The van der Waals surface area contributed by atoms with E-state index in [1.54, 1.807) is 13.8 Å². The smallest absolute Gasteiger partial charge is 0.339 e. The van der Waals surface area contributed by atoms with Crippen LogP contribution in [0.1, 0.15) is 52.9 Å². The van der Waals surface area contributed by atoms with Gasteiger partial charge < -0.3 is 19.8 Å². The molecule has 3 amide bonds. The zero-order valence-electron chi connectivity index (χ0n) is 16.6. The number of amides is 3. The number of aryl methyl sites for hydroxylation is 1. The molecule has 1 aromatic heterocycles. The summed E-state index contributed by atoms with van der Waals surface area (Å²) in [5, 5.41) is 2.45. The molecule has 152 valence electrons. The molecule has 2 rings (SSSR count). The molecule has 28 heavy (non-hydrogen) atoms. The first-order chi connectivity index (χ1) is 12.9. The number of ether oxygens (including phenoxy) is 2. The molecular weight excluding hydrogens is 370 g/mol. The summed E-state index contributed by atoms with van der Waals surface area (Å²) in [7, 11) is 1.23. The number of nitrogens with one attached hydrogen (secondary N) is 2. The zero-order valence-corrected chi connectivity index (χ0v) is 16.6. The molecule has 10 heteroatoms. The molecule has 1 aliphatic rings. The van der Waals surface area contributed by atoms with Crippen LogP contribution in [0, 0.1) is 13.8 Å². The number of carbonyl (C=O) groups is 5. The largest absolute Gasteiger partial charge is 0.465 e. The summed E-state index contributed by atoms with van der Waals surface area (Å²) in [6.45, 7) is 6.98. The fourth-order valence-corrected chi connectivity index (χ4v) is 2.99. The van der Waals surface area contributed by atoms with Gasteiger partial charge in [-0.1, -0.05) is 0 Å². The molecule has 1 atom stereocenters. The Labute approximate surface area is 161 Å². The van der Waals surface area contributed by atoms with Gasteiger partial charge in [-0.15, -0.1) is 0 Å². The van der Waals surface area contributed by atoms with Gasteiger partial charge in [-0.3, -0.25) is 19.3 Å². The van der Waals surface area contributed by atoms with Gasteiger partial charge in [0, 0.05) is 5.69 Å². The zero-order chi connectivity index (χ0) is 21.4. The molecule has 1 aliphatic heterocycles. The second-order valence-corrected chi connectivity index (χ2v) is 7.06. The molecule has 2 N–H and O–H groups in total. The fourth-order valence-electron chi connectivity index (χ4n) is 2.99. The van der Waals surface area contributed by atoms with Gasteiger partial charge in [0.15, 0.2) is 6.10 Å². The van der Waals surface area contributed by atoms with Gasteiger partial charge >= 0.3 is 18.0 Å². The van der Waals surface area contributed by atoms with Crippen LogP contribution in [-0.2, 0) is 19.1 Å². The Hall–Kier alpha value is -3.17. The van der Waals surface area contributed by atoms with E-state index in [9.17, 15) is 24.0 Å². The molecule has 2 heterocycles. The van der Waals surface area contributed by atoms with Gasteiger partial charge in [0.05, 0.1) is 18.4 Å². The number of nitrogens with zero attached hydrogens (tertiary/aromatic N) is 1. The number of methoxy groups -OCH3 is 1. The van der Waals surface area contributed by atoms with Crippen molar-refractivity contribution >= 4 is 29.7 Å². The first-order valence-electron chi connectivity index (χ1n) is 8.56. The van der Waals surface area contributed by atoms with E-state index in [0.717, 1.165) is 4.90 Å². The highest BCUT2D eigenvalue weighted by Crippen LogP contribution is 2.21. The van der Waals surface area contributed by atoms with Gasteiger partial charge in [-0.25, -0.2) is 9.59 Å². The van der Waals surface area contributed by atoms with Gasteiger partial charge in [0.25, 0.3) is 5.91 Å². The standard InChI is InChI=1S/C18H23N3O7/c1-8-12(15(24)27-6)9(2)19-13(8)14(23)10(3)28-11(22)7-21-16(25)18(4,5)20-17(21)26/h10,19H,7H2,1-6H3,(H,20,26)/t10-/m0/s1. The number of urea groups is 1. The number of carbonyl (C=O) groups excluding carboxylic acids is 5. The maximum absolute atomic E-state index is 12.6. The number of aromatic nitrogens is 1. The summed E-state index contributed by atoms with van der Waals surface area (Å²) in [5.41, 5.74) is 0.0864. The number of esters is 2. The minimum Gasteiger partial charge on any atom is -0.465 e. The number of hydrogen-bond acceptors (Lipinski definition) is 7. The predicted molar refractivity (Wildman–Crippen MR) is 95.8 cm³/mol. The third-order valence-corrected chi connectivity index (χ3v) is 4.48. The number of Topliss-reactive ketones (excluding diaryl/α,β-unsaturated/α-hetero) is 1. The molecule has 0 spiro atoms. The van der Waals surface area contributed by atoms with Crippen molar-refractivity contribution in [1.29, 1.82) is 0 Å². The number of H-pyrrole nitrogens is 1. The number of hydrogen-bond donors (Lipinski definition) is 2. The fraction of sp³-hybridized carbons (Fsp3) is 0.500. The Morgan fingerprint density at radius 2 is 1.79 bits per heavy atom. The van der Waals surface area contributed by atoms with Crippen LogP contribution in [0.2, 0.25) is 0 Å². The molecule has 0 saturated carbocycles. The van der Waals surface area contributed by atoms with Gasteiger partial charge in [0.2, 0.25) is 5.78 Å². The summed E-state index contributed by atoms with van der Waals surface area (Å²) in [6, 6.07) is -0.704. The van der Waals surface area contributed by atoms with Crippen molar-refractivity contribution in [2.24, 2.45) is 0 Å². The van der Waals surface area contributed by atoms with Crippen LogP contribution in [0.25, 0.3) is 0 Å². The van der Waals surface area contributed by atoms with Crippen molar-refractivity contribution in [2.75, 3.05) is 13.7 Å². The van der Waals surface area contributed by atoms with E-state index in [1.807, 2.05) is 0 Å². The summed E-state index contributed by atoms with van der Waals surface area (Å²) in [5.74, 6) is -2.61. The normalized spacial score (nSPS) is 16.6. The molecule has 1 saturated heterocycles. The highest BCUT2D eigenvalue weighted by atomic mass is 16.5. The molecule has 0 radical (unpaired) electrons. The van der Waals surface area contributed by atoms with E-state index in [-0.39, 0.29) is 11.3 Å². The van der Waals surface area contributed by atoms with Gasteiger partial charge in [-0.2, -0.15) is 0 Å². The van der Waals surface area contributed by atoms with Crippen LogP contribution in [0.15, 0.2) is 0 Å². The second-order valence-electron chi connectivity index (χ2n) is 7.06. The Morgan fingerprint density at radius 1 is 1.18 bits per heavy atom. The topological polar surface area (TPSA) is 135 Å². The summed E-state index contributed by atoms with van der Waals surface area (Å²) in [4.78, 5) is 64.1. The molecule has 1 aromatic rings. The molecular formula is C18H23N3O7. The van der Waals surface area contributed by atoms with Crippen LogP contribution >= 0.6 is 0 Å². The molecule has 0 aromatic carbocycles. The van der Waals surface area contributed by atoms with E-state index >= 15 is 0 Å². The van der Waals surface area contributed by atoms with Gasteiger partial charge in [-0.05, 0) is 40.2 Å². The lowest BCUT2D eigenvalue weighted by atomic mass is 10.1. The molecule has 0 aliphatic carbocycles. The maximum atomic E-state index is 12.6. The van der Waals surface area contributed by atoms with Crippen LogP contribution in [0.5, 0.6) is 0 Å². The van der Waals surface area contributed by atoms with Crippen molar-refractivity contribution in [1.82, 2.24) is 15.2 Å². The van der Waals surface area contributed by atoms with Crippen LogP contribution in [0.3, 0.4) is 0 Å². The van der Waals surface area contributed by atoms with Crippen molar-refractivity contribution in [3.8, 4) is 0 Å². The van der Waals surface area contributed by atoms with Crippen LogP contribution < -0.4 is 5.32 Å². The van der Waals surface area contributed by atoms with Crippen LogP contribution in [-0.4, -0.2) is 64.8 Å². The molecule has 0 unspecified atom stereocenters. The Bertz CT molecular complexity index is 869. The van der Waals surface area contributed by atoms with E-state index in [2.05, 4.69) is 10.3 Å². The SMILES string of the molecule is COC(=O)c1c(C)[nH]c(C(=O)[C@H](C)OC(=O)CN2C(=O)NC(C)(C)C2=O)c1C. The first kappa shape index (κ1) is 21.1. The lowest BCUT2D eigenvalue weighted by Crippen LogP contribution is -2.41. The lowest BCUT2D eigenvalue weighted by molar-refractivity contribution is -0.149. The van der Waals surface area contributed by atoms with E-state index in [0.29, 0.717) is 11.3 Å². The van der Waals surface area contributed by atoms with Crippen LogP contribution in [0.4, 0.5) is 4.79 Å². The minimum atomic E-state index is -1.19. The third-order valence-electron chi connectivity index (χ3n) is 4.48. The number of aromatic amines is 1. The van der Waals surface area contributed by atoms with E-state index in [4.69, 9.17) is 9.47 Å². The lowest BCUT2D eigenvalue weighted by Gasteiger charge is -2.17. The second kappa shape index (κ2) is 7.45. The maximum Gasteiger partial charge on any atom is 0.339 e. The van der Waals surface area contributed by atoms with Gasteiger partial charge in [0.1, 0.15) is 12.1 Å². The number of ketones is 1. The first-order valence-corrected chi connectivity index (χ1v) is 8.56. The summed E-state index contributed by atoms with van der Waals surface area (Å²) >= 11 is 0. The number of rotatable bonds is 6. The van der Waals surface area contributed by atoms with Crippen molar-refractivity contribution in [3.63, 3.8) is 0 Å². The highest BCUT2D eigenvalue weighted by Gasteiger charge is 2.45. The molecule has 10 nitrogen and oxygen atoms in total. The van der Waals surface area contributed by atoms with E-state index < -0.39 is 47.8 Å². The molecule has 0 bridgehead atoms. The Morgan fingerprint density at radius 3 is 2.29 bits per heavy atom. The Kier molecular flexibility index (Phi) is 5.62. The van der Waals surface area contributed by atoms with Crippen molar-refractivity contribution in [2.45, 2.75) is 46.3 Å². The third kappa shape index (κ3) is 3.75. The average molecular weight is 393 g/mol. The van der Waals surface area contributed by atoms with Crippen molar-refractivity contribution < 1.29 is 33.4 Å². The summed E-state index contributed by atoms with van der Waals surface area (Å²) < 4.78 is 9.78. The van der Waals surface area contributed by atoms with Crippen molar-refractivity contribution in [3.05, 3.63) is 22.5 Å². The monoisotopic (exact) mass is 393 g/mol. The van der Waals surface area contributed by atoms with E-state index in [1.165, 1.54) is 27.9 Å². The average Bonchev–Trinajstić information content (AvgIpc) is 3.00. The highest BCUT2D eigenvalue weighted by molar-refractivity contribution is 6.08. The summed E-state index contributed by atoms with van der Waals surface area (Å²) in [6.07, 6.45) is -1.19. The minimum absolute atomic E-state index is 0.120. The Balaban J connectivity index is 2.09. The molecule has 1 fully saturated rings. The number of imide groups is 1. The predicted octanol–water partition coefficient (Wildman–Crippen LogP) is 0.863. The quantitative estimate of drug-likeness (QED) is 0.416.